The summed E-state index contributed by atoms with van der Waals surface area (Å²) in [6, 6.07) is 11.8. The molecule has 26 heavy (non-hydrogen) atoms. The lowest BCUT2D eigenvalue weighted by molar-refractivity contribution is -0.113. The highest BCUT2D eigenvalue weighted by Crippen LogP contribution is 2.30. The van der Waals surface area contributed by atoms with Gasteiger partial charge in [-0.05, 0) is 42.5 Å². The Hall–Kier alpha value is -1.93. The number of carbonyl (C=O) groups excluding carboxylic acids is 1. The van der Waals surface area contributed by atoms with E-state index in [0.29, 0.717) is 37.3 Å². The van der Waals surface area contributed by atoms with Gasteiger partial charge in [0.2, 0.25) is 11.1 Å². The van der Waals surface area contributed by atoms with Crippen LogP contribution in [0.5, 0.6) is 0 Å². The van der Waals surface area contributed by atoms with Crippen molar-refractivity contribution in [2.75, 3.05) is 16.9 Å². The number of carbonyl (C=O) groups is 1. The van der Waals surface area contributed by atoms with E-state index in [9.17, 15) is 4.79 Å². The molecule has 134 valence electrons. The minimum atomic E-state index is -0.202. The van der Waals surface area contributed by atoms with Gasteiger partial charge in [0.15, 0.2) is 5.82 Å². The van der Waals surface area contributed by atoms with E-state index in [0.717, 1.165) is 11.8 Å². The molecule has 0 aliphatic carbocycles. The number of anilines is 1. The molecule has 0 aliphatic heterocycles. The van der Waals surface area contributed by atoms with Crippen LogP contribution in [0.3, 0.4) is 0 Å². The molecule has 1 heterocycles. The number of rotatable bonds is 5. The van der Waals surface area contributed by atoms with E-state index in [1.54, 1.807) is 42.5 Å². The van der Waals surface area contributed by atoms with Crippen LogP contribution in [0.4, 0.5) is 5.69 Å². The summed E-state index contributed by atoms with van der Waals surface area (Å²) in [5.74, 6) is 6.33. The standard InChI is InChI=1S/C16H12Cl3N5OS/c17-9-1-4-11(5-2-9)21-14(25)8-26-16-23-22-15(24(16)20)12-6-3-10(18)7-13(12)19/h1-7H,8,20H2,(H,21,25). The highest BCUT2D eigenvalue weighted by Gasteiger charge is 2.16. The van der Waals surface area contributed by atoms with Crippen molar-refractivity contribution in [3.63, 3.8) is 0 Å². The quantitative estimate of drug-likeness (QED) is 0.466. The normalized spacial score (nSPS) is 10.7. The molecular formula is C16H12Cl3N5OS. The minimum Gasteiger partial charge on any atom is -0.335 e. The SMILES string of the molecule is Nn1c(SCC(=O)Nc2ccc(Cl)cc2)nnc1-c1ccc(Cl)cc1Cl. The van der Waals surface area contributed by atoms with E-state index in [1.165, 1.54) is 4.68 Å². The molecule has 6 nitrogen and oxygen atoms in total. The van der Waals surface area contributed by atoms with Gasteiger partial charge in [-0.25, -0.2) is 4.68 Å². The Morgan fingerprint density at radius 3 is 2.46 bits per heavy atom. The van der Waals surface area contributed by atoms with Crippen LogP contribution < -0.4 is 11.2 Å². The number of nitrogen functional groups attached to an aromatic ring is 1. The number of hydrogen-bond donors (Lipinski definition) is 2. The van der Waals surface area contributed by atoms with E-state index in [-0.39, 0.29) is 11.7 Å². The third kappa shape index (κ3) is 4.42. The summed E-state index contributed by atoms with van der Waals surface area (Å²) in [6.07, 6.45) is 0. The van der Waals surface area contributed by atoms with E-state index >= 15 is 0 Å². The van der Waals surface area contributed by atoms with Gasteiger partial charge in [0.1, 0.15) is 0 Å². The Morgan fingerprint density at radius 2 is 1.77 bits per heavy atom. The van der Waals surface area contributed by atoms with Crippen LogP contribution in [-0.4, -0.2) is 26.5 Å². The third-order valence-corrected chi connectivity index (χ3v) is 5.04. The molecule has 0 fully saturated rings. The predicted molar refractivity (Wildman–Crippen MR) is 106 cm³/mol. The summed E-state index contributed by atoms with van der Waals surface area (Å²) in [7, 11) is 0. The van der Waals surface area contributed by atoms with E-state index in [2.05, 4.69) is 15.5 Å². The Labute approximate surface area is 168 Å². The zero-order chi connectivity index (χ0) is 18.7. The highest BCUT2D eigenvalue weighted by molar-refractivity contribution is 7.99. The fourth-order valence-electron chi connectivity index (χ4n) is 2.09. The first-order valence-electron chi connectivity index (χ1n) is 7.28. The second-order valence-electron chi connectivity index (χ2n) is 5.14. The molecule has 10 heteroatoms. The van der Waals surface area contributed by atoms with Crippen molar-refractivity contribution < 1.29 is 4.79 Å². The maximum Gasteiger partial charge on any atom is 0.234 e. The number of halogens is 3. The van der Waals surface area contributed by atoms with Gasteiger partial charge in [0.05, 0.1) is 10.8 Å². The van der Waals surface area contributed by atoms with Gasteiger partial charge >= 0.3 is 0 Å². The number of thioether (sulfide) groups is 1. The fraction of sp³-hybridized carbons (Fsp3) is 0.0625. The van der Waals surface area contributed by atoms with Crippen molar-refractivity contribution in [3.8, 4) is 11.4 Å². The number of amides is 1. The van der Waals surface area contributed by atoms with Gasteiger partial charge in [-0.1, -0.05) is 46.6 Å². The first-order chi connectivity index (χ1) is 12.4. The van der Waals surface area contributed by atoms with Gasteiger partial charge in [-0.3, -0.25) is 4.79 Å². The summed E-state index contributed by atoms with van der Waals surface area (Å²) in [5.41, 5.74) is 1.26. The van der Waals surface area contributed by atoms with Crippen molar-refractivity contribution in [1.29, 1.82) is 0 Å². The Bertz CT molecular complexity index is 946. The van der Waals surface area contributed by atoms with Crippen molar-refractivity contribution in [1.82, 2.24) is 14.9 Å². The maximum atomic E-state index is 12.1. The molecule has 1 amide bonds. The molecular weight excluding hydrogens is 417 g/mol. The van der Waals surface area contributed by atoms with Crippen LogP contribution in [0.1, 0.15) is 0 Å². The highest BCUT2D eigenvalue weighted by atomic mass is 35.5. The summed E-state index contributed by atoms with van der Waals surface area (Å²) in [6.45, 7) is 0. The molecule has 2 aromatic carbocycles. The lowest BCUT2D eigenvalue weighted by atomic mass is 10.2. The Kier molecular flexibility index (Phi) is 5.93. The van der Waals surface area contributed by atoms with Crippen molar-refractivity contribution >= 4 is 58.2 Å². The number of aromatic nitrogens is 3. The molecule has 0 radical (unpaired) electrons. The molecule has 0 atom stereocenters. The maximum absolute atomic E-state index is 12.1. The van der Waals surface area contributed by atoms with Gasteiger partial charge in [-0.2, -0.15) is 0 Å². The summed E-state index contributed by atoms with van der Waals surface area (Å²) in [4.78, 5) is 12.1. The monoisotopic (exact) mass is 427 g/mol. The van der Waals surface area contributed by atoms with Gasteiger partial charge < -0.3 is 11.2 Å². The molecule has 0 spiro atoms. The molecule has 0 aliphatic rings. The van der Waals surface area contributed by atoms with Crippen molar-refractivity contribution in [2.24, 2.45) is 0 Å². The van der Waals surface area contributed by atoms with E-state index < -0.39 is 0 Å². The van der Waals surface area contributed by atoms with Crippen LogP contribution in [0.25, 0.3) is 11.4 Å². The van der Waals surface area contributed by atoms with Crippen LogP contribution in [0.15, 0.2) is 47.6 Å². The van der Waals surface area contributed by atoms with Crippen molar-refractivity contribution in [3.05, 3.63) is 57.5 Å². The Balaban J connectivity index is 1.66. The molecule has 0 bridgehead atoms. The van der Waals surface area contributed by atoms with Crippen LogP contribution in [-0.2, 0) is 4.79 Å². The molecule has 0 saturated heterocycles. The molecule has 3 N–H and O–H groups in total. The second kappa shape index (κ2) is 8.18. The Morgan fingerprint density at radius 1 is 1.08 bits per heavy atom. The second-order valence-corrected chi connectivity index (χ2v) is 7.37. The van der Waals surface area contributed by atoms with Gasteiger partial charge in [-0.15, -0.1) is 10.2 Å². The van der Waals surface area contributed by atoms with Crippen LogP contribution in [0.2, 0.25) is 15.1 Å². The van der Waals surface area contributed by atoms with E-state index in [4.69, 9.17) is 40.6 Å². The predicted octanol–water partition coefficient (Wildman–Crippen LogP) is 4.35. The van der Waals surface area contributed by atoms with Gasteiger partial charge in [0, 0.05) is 21.3 Å². The number of benzene rings is 2. The summed E-state index contributed by atoms with van der Waals surface area (Å²) in [5, 5.41) is 12.7. The summed E-state index contributed by atoms with van der Waals surface area (Å²) >= 11 is 19.0. The topological polar surface area (TPSA) is 85.8 Å². The molecule has 3 aromatic rings. The number of nitrogens with zero attached hydrogens (tertiary/aromatic N) is 3. The lowest BCUT2D eigenvalue weighted by Gasteiger charge is -2.06. The molecule has 1 aromatic heterocycles. The van der Waals surface area contributed by atoms with E-state index in [1.807, 2.05) is 0 Å². The number of hydrogen-bond acceptors (Lipinski definition) is 5. The molecule has 3 rings (SSSR count). The average molecular weight is 429 g/mol. The average Bonchev–Trinajstić information content (AvgIpc) is 2.96. The fourth-order valence-corrected chi connectivity index (χ4v) is 3.37. The van der Waals surface area contributed by atoms with Crippen molar-refractivity contribution in [2.45, 2.75) is 5.16 Å². The van der Waals surface area contributed by atoms with Crippen LogP contribution in [0, 0.1) is 0 Å². The smallest absolute Gasteiger partial charge is 0.234 e. The van der Waals surface area contributed by atoms with Gasteiger partial charge in [0.25, 0.3) is 0 Å². The lowest BCUT2D eigenvalue weighted by Crippen LogP contribution is -2.16. The number of nitrogens with two attached hydrogens (primary N) is 1. The summed E-state index contributed by atoms with van der Waals surface area (Å²) < 4.78 is 1.29. The molecule has 0 saturated carbocycles. The minimum absolute atomic E-state index is 0.117. The zero-order valence-corrected chi connectivity index (χ0v) is 16.2. The third-order valence-electron chi connectivity index (χ3n) is 3.30. The zero-order valence-electron chi connectivity index (χ0n) is 13.1. The molecule has 0 unspecified atom stereocenters. The largest absolute Gasteiger partial charge is 0.335 e. The number of nitrogens with one attached hydrogen (secondary N) is 1. The first-order valence-corrected chi connectivity index (χ1v) is 9.40. The first kappa shape index (κ1) is 18.8. The van der Waals surface area contributed by atoms with Crippen LogP contribution >= 0.6 is 46.6 Å².